The van der Waals surface area contributed by atoms with Crippen molar-refractivity contribution in [2.24, 2.45) is 0 Å². The topological polar surface area (TPSA) is 87.6 Å². The van der Waals surface area contributed by atoms with Crippen LogP contribution in [0.2, 0.25) is 0 Å². The Bertz CT molecular complexity index is 415. The summed E-state index contributed by atoms with van der Waals surface area (Å²) in [5.41, 5.74) is 0. The van der Waals surface area contributed by atoms with E-state index in [9.17, 15) is 4.79 Å². The molecule has 1 fully saturated rings. The smallest absolute Gasteiger partial charge is 0.240 e. The van der Waals surface area contributed by atoms with Crippen LogP contribution in [0.15, 0.2) is 18.5 Å². The summed E-state index contributed by atoms with van der Waals surface area (Å²) in [4.78, 5) is 21.7. The van der Waals surface area contributed by atoms with Crippen LogP contribution in [-0.4, -0.2) is 64.3 Å². The number of ether oxygens (including phenoxy) is 1. The Labute approximate surface area is 111 Å². The predicted molar refractivity (Wildman–Crippen MR) is 68.5 cm³/mol. The first-order valence-corrected chi connectivity index (χ1v) is 6.23. The summed E-state index contributed by atoms with van der Waals surface area (Å²) in [6.07, 6.45) is 2.92. The molecule has 7 heteroatoms. The quantitative estimate of drug-likeness (QED) is 0.763. The zero-order valence-electron chi connectivity index (χ0n) is 10.8. The van der Waals surface area contributed by atoms with Crippen molar-refractivity contribution in [2.75, 3.05) is 31.6 Å². The number of anilines is 1. The molecular weight excluding hydrogens is 248 g/mol. The van der Waals surface area contributed by atoms with E-state index in [4.69, 9.17) is 9.84 Å². The van der Waals surface area contributed by atoms with Crippen LogP contribution in [0.25, 0.3) is 0 Å². The molecule has 1 aliphatic rings. The number of carbonyl (C=O) groups is 1. The van der Waals surface area contributed by atoms with Gasteiger partial charge in [-0.15, -0.1) is 0 Å². The van der Waals surface area contributed by atoms with Gasteiger partial charge < -0.3 is 9.84 Å². The van der Waals surface area contributed by atoms with Crippen LogP contribution in [-0.2, 0) is 9.53 Å². The molecule has 2 heterocycles. The molecule has 1 aromatic heterocycles. The third-order valence-electron chi connectivity index (χ3n) is 2.79. The minimum atomic E-state index is -0.232. The Morgan fingerprint density at radius 1 is 1.53 bits per heavy atom. The van der Waals surface area contributed by atoms with Crippen LogP contribution in [0.4, 0.5) is 5.95 Å². The van der Waals surface area contributed by atoms with E-state index in [1.807, 2.05) is 11.8 Å². The maximum Gasteiger partial charge on any atom is 0.240 e. The molecular formula is C12H18N4O3. The van der Waals surface area contributed by atoms with Gasteiger partial charge in [0.25, 0.3) is 0 Å². The van der Waals surface area contributed by atoms with E-state index in [1.165, 1.54) is 0 Å². The van der Waals surface area contributed by atoms with Gasteiger partial charge in [0.05, 0.1) is 25.4 Å². The number of amides is 1. The van der Waals surface area contributed by atoms with E-state index in [-0.39, 0.29) is 31.3 Å². The van der Waals surface area contributed by atoms with E-state index < -0.39 is 0 Å². The summed E-state index contributed by atoms with van der Waals surface area (Å²) in [5, 5.41) is 11.8. The van der Waals surface area contributed by atoms with Crippen molar-refractivity contribution in [2.45, 2.75) is 19.1 Å². The van der Waals surface area contributed by atoms with Crippen LogP contribution in [0.3, 0.4) is 0 Å². The Balaban J connectivity index is 1.85. The largest absolute Gasteiger partial charge is 0.394 e. The zero-order valence-corrected chi connectivity index (χ0v) is 10.8. The first-order chi connectivity index (χ1) is 9.17. The molecule has 7 nitrogen and oxygen atoms in total. The lowest BCUT2D eigenvalue weighted by Crippen LogP contribution is -2.50. The second kappa shape index (κ2) is 6.55. The highest BCUT2D eigenvalue weighted by Gasteiger charge is 2.26. The lowest BCUT2D eigenvalue weighted by Gasteiger charge is -2.35. The number of hydrogen-bond acceptors (Lipinski definition) is 6. The second-order valence-electron chi connectivity index (χ2n) is 4.57. The lowest BCUT2D eigenvalue weighted by atomic mass is 10.2. The molecule has 0 aromatic carbocycles. The van der Waals surface area contributed by atoms with Crippen LogP contribution in [0.5, 0.6) is 0 Å². The number of rotatable bonds is 4. The van der Waals surface area contributed by atoms with E-state index in [1.54, 1.807) is 18.5 Å². The van der Waals surface area contributed by atoms with Crippen LogP contribution >= 0.6 is 0 Å². The third kappa shape index (κ3) is 4.23. The van der Waals surface area contributed by atoms with Gasteiger partial charge in [0.2, 0.25) is 11.9 Å². The Hall–Kier alpha value is -1.57. The molecule has 0 bridgehead atoms. The van der Waals surface area contributed by atoms with Gasteiger partial charge >= 0.3 is 0 Å². The van der Waals surface area contributed by atoms with Gasteiger partial charge in [0.15, 0.2) is 0 Å². The highest BCUT2D eigenvalue weighted by Crippen LogP contribution is 2.10. The normalized spacial score (nSPS) is 24.1. The zero-order chi connectivity index (χ0) is 13.7. The fourth-order valence-electron chi connectivity index (χ4n) is 2.10. The highest BCUT2D eigenvalue weighted by molar-refractivity contribution is 5.90. The molecule has 1 aliphatic heterocycles. The van der Waals surface area contributed by atoms with Gasteiger partial charge in [-0.3, -0.25) is 15.0 Å². The van der Waals surface area contributed by atoms with E-state index in [2.05, 4.69) is 15.3 Å². The molecule has 1 saturated heterocycles. The summed E-state index contributed by atoms with van der Waals surface area (Å²) in [5.74, 6) is 0.129. The molecule has 0 spiro atoms. The first-order valence-electron chi connectivity index (χ1n) is 6.23. The van der Waals surface area contributed by atoms with Gasteiger partial charge in [-0.2, -0.15) is 0 Å². The van der Waals surface area contributed by atoms with Gasteiger partial charge in [-0.25, -0.2) is 9.97 Å². The lowest BCUT2D eigenvalue weighted by molar-refractivity contribution is -0.124. The van der Waals surface area contributed by atoms with Crippen LogP contribution in [0, 0.1) is 0 Å². The Kier molecular flexibility index (Phi) is 4.78. The van der Waals surface area contributed by atoms with Crippen molar-refractivity contribution in [1.82, 2.24) is 14.9 Å². The second-order valence-corrected chi connectivity index (χ2v) is 4.57. The van der Waals surface area contributed by atoms with Crippen LogP contribution < -0.4 is 5.32 Å². The summed E-state index contributed by atoms with van der Waals surface area (Å²) in [7, 11) is 0. The van der Waals surface area contributed by atoms with Gasteiger partial charge in [-0.05, 0) is 13.0 Å². The first kappa shape index (κ1) is 13.9. The van der Waals surface area contributed by atoms with Crippen molar-refractivity contribution >= 4 is 11.9 Å². The number of aliphatic hydroxyl groups is 1. The molecule has 2 atom stereocenters. The van der Waals surface area contributed by atoms with Crippen molar-refractivity contribution in [1.29, 1.82) is 0 Å². The Morgan fingerprint density at radius 3 is 2.95 bits per heavy atom. The molecule has 0 radical (unpaired) electrons. The standard InChI is InChI=1S/C12H18N4O3/c1-9-5-16(6-10(8-17)19-9)7-11(18)15-12-13-3-2-4-14-12/h2-4,9-10,17H,5-8H2,1H3,(H,13,14,15,18). The number of nitrogens with one attached hydrogen (secondary N) is 1. The number of hydrogen-bond donors (Lipinski definition) is 2. The van der Waals surface area contributed by atoms with Gasteiger partial charge in [0.1, 0.15) is 0 Å². The predicted octanol–water partition coefficient (Wildman–Crippen LogP) is -0.503. The Morgan fingerprint density at radius 2 is 2.26 bits per heavy atom. The average Bonchev–Trinajstić information content (AvgIpc) is 2.38. The van der Waals surface area contributed by atoms with Crippen molar-refractivity contribution in [3.05, 3.63) is 18.5 Å². The van der Waals surface area contributed by atoms with E-state index in [0.29, 0.717) is 19.0 Å². The minimum Gasteiger partial charge on any atom is -0.394 e. The third-order valence-corrected chi connectivity index (χ3v) is 2.79. The molecule has 2 rings (SSSR count). The molecule has 104 valence electrons. The number of aromatic nitrogens is 2. The summed E-state index contributed by atoms with van der Waals surface area (Å²) in [6.45, 7) is 3.34. The van der Waals surface area contributed by atoms with E-state index >= 15 is 0 Å². The van der Waals surface area contributed by atoms with Crippen molar-refractivity contribution < 1.29 is 14.6 Å². The minimum absolute atomic E-state index is 0.00618. The summed E-state index contributed by atoms with van der Waals surface area (Å²) in [6, 6.07) is 1.69. The average molecular weight is 266 g/mol. The fourth-order valence-corrected chi connectivity index (χ4v) is 2.10. The molecule has 1 amide bonds. The fraction of sp³-hybridized carbons (Fsp3) is 0.583. The number of nitrogens with zero attached hydrogens (tertiary/aromatic N) is 3. The molecule has 0 saturated carbocycles. The van der Waals surface area contributed by atoms with Crippen molar-refractivity contribution in [3.63, 3.8) is 0 Å². The maximum absolute atomic E-state index is 11.8. The summed E-state index contributed by atoms with van der Waals surface area (Å²) >= 11 is 0. The monoisotopic (exact) mass is 266 g/mol. The number of carbonyl (C=O) groups excluding carboxylic acids is 1. The molecule has 19 heavy (non-hydrogen) atoms. The number of aliphatic hydroxyl groups excluding tert-OH is 1. The van der Waals surface area contributed by atoms with Crippen molar-refractivity contribution in [3.8, 4) is 0 Å². The van der Waals surface area contributed by atoms with E-state index in [0.717, 1.165) is 0 Å². The summed E-state index contributed by atoms with van der Waals surface area (Å²) < 4.78 is 5.52. The van der Waals surface area contributed by atoms with Gasteiger partial charge in [0, 0.05) is 25.5 Å². The molecule has 1 aromatic rings. The maximum atomic E-state index is 11.8. The highest BCUT2D eigenvalue weighted by atomic mass is 16.5. The van der Waals surface area contributed by atoms with Gasteiger partial charge in [-0.1, -0.05) is 0 Å². The molecule has 0 aliphatic carbocycles. The number of morpholine rings is 1. The molecule has 2 N–H and O–H groups in total. The SMILES string of the molecule is CC1CN(CC(=O)Nc2ncccn2)CC(CO)O1. The van der Waals surface area contributed by atoms with Crippen LogP contribution in [0.1, 0.15) is 6.92 Å². The molecule has 2 unspecified atom stereocenters.